The van der Waals surface area contributed by atoms with Crippen LogP contribution in [0.1, 0.15) is 12.0 Å². The fourth-order valence-corrected chi connectivity index (χ4v) is 2.68. The average Bonchev–Trinajstić information content (AvgIpc) is 3.18. The number of hydrogen-bond acceptors (Lipinski definition) is 3. The molecule has 1 aromatic rings. The second-order valence-electron chi connectivity index (χ2n) is 5.08. The molecule has 108 valence electrons. The first-order chi connectivity index (χ1) is 9.40. The lowest BCUT2D eigenvalue weighted by atomic mass is 10.2. The highest BCUT2D eigenvalue weighted by atomic mass is 32.2. The molecule has 3 atom stereocenters. The fraction of sp³-hybridized carbons (Fsp3) is 0.429. The third-order valence-electron chi connectivity index (χ3n) is 3.48. The van der Waals surface area contributed by atoms with Crippen molar-refractivity contribution in [3.8, 4) is 0 Å². The zero-order chi connectivity index (χ0) is 14.9. The average molecular weight is 295 g/mol. The number of hydrogen-bond donors (Lipinski definition) is 1. The number of carbonyl (C=O) groups excluding carboxylic acids is 1. The highest BCUT2D eigenvalue weighted by Gasteiger charge is 2.49. The predicted octanol–water partition coefficient (Wildman–Crippen LogP) is 1.10. The summed E-state index contributed by atoms with van der Waals surface area (Å²) >= 11 is 0. The van der Waals surface area contributed by atoms with Crippen LogP contribution in [-0.4, -0.2) is 39.4 Å². The van der Waals surface area contributed by atoms with E-state index in [2.05, 4.69) is 0 Å². The zero-order valence-corrected chi connectivity index (χ0v) is 12.2. The molecule has 0 saturated heterocycles. The van der Waals surface area contributed by atoms with E-state index in [1.807, 2.05) is 12.1 Å². The third-order valence-corrected chi connectivity index (χ3v) is 4.41. The third kappa shape index (κ3) is 3.25. The number of aliphatic carboxylic acids is 1. The van der Waals surface area contributed by atoms with Gasteiger partial charge in [-0.25, -0.2) is 0 Å². The van der Waals surface area contributed by atoms with Gasteiger partial charge in [-0.2, -0.15) is 0 Å². The van der Waals surface area contributed by atoms with Crippen LogP contribution in [0.15, 0.2) is 29.2 Å². The van der Waals surface area contributed by atoms with Crippen molar-refractivity contribution in [3.63, 3.8) is 0 Å². The van der Waals surface area contributed by atoms with Crippen molar-refractivity contribution < 1.29 is 18.9 Å². The SMILES string of the molecule is CN(Cc1ccc(S(C)=O)cc1)C(=O)C1CC1C(=O)O. The van der Waals surface area contributed by atoms with E-state index in [0.29, 0.717) is 13.0 Å². The Morgan fingerprint density at radius 3 is 2.35 bits per heavy atom. The minimum atomic E-state index is -1.01. The van der Waals surface area contributed by atoms with Gasteiger partial charge in [0, 0.05) is 35.5 Å². The van der Waals surface area contributed by atoms with Crippen LogP contribution in [0.4, 0.5) is 0 Å². The monoisotopic (exact) mass is 295 g/mol. The maximum absolute atomic E-state index is 12.0. The molecule has 2 rings (SSSR count). The Balaban J connectivity index is 1.94. The molecule has 1 fully saturated rings. The van der Waals surface area contributed by atoms with Gasteiger partial charge in [0.05, 0.1) is 11.8 Å². The Bertz CT molecular complexity index is 555. The summed E-state index contributed by atoms with van der Waals surface area (Å²) in [5.41, 5.74) is 0.933. The Hall–Kier alpha value is -1.69. The van der Waals surface area contributed by atoms with Gasteiger partial charge in [-0.15, -0.1) is 0 Å². The van der Waals surface area contributed by atoms with Crippen LogP contribution in [-0.2, 0) is 26.9 Å². The first kappa shape index (κ1) is 14.7. The maximum atomic E-state index is 12.0. The van der Waals surface area contributed by atoms with Crippen molar-refractivity contribution in [1.82, 2.24) is 4.90 Å². The number of carboxylic acids is 1. The molecule has 1 saturated carbocycles. The molecule has 20 heavy (non-hydrogen) atoms. The van der Waals surface area contributed by atoms with E-state index in [4.69, 9.17) is 5.11 Å². The maximum Gasteiger partial charge on any atom is 0.307 e. The van der Waals surface area contributed by atoms with Crippen LogP contribution in [0.3, 0.4) is 0 Å². The van der Waals surface area contributed by atoms with Gasteiger partial charge in [-0.1, -0.05) is 12.1 Å². The van der Waals surface area contributed by atoms with Crippen molar-refractivity contribution in [3.05, 3.63) is 29.8 Å². The number of carbonyl (C=O) groups is 2. The van der Waals surface area contributed by atoms with E-state index < -0.39 is 22.7 Å². The molecule has 0 aliphatic heterocycles. The number of benzene rings is 1. The summed E-state index contributed by atoms with van der Waals surface area (Å²) in [5.74, 6) is -1.91. The molecule has 3 unspecified atom stereocenters. The lowest BCUT2D eigenvalue weighted by Gasteiger charge is -2.17. The molecule has 6 heteroatoms. The second kappa shape index (κ2) is 5.75. The summed E-state index contributed by atoms with van der Waals surface area (Å²) in [4.78, 5) is 25.1. The predicted molar refractivity (Wildman–Crippen MR) is 74.5 cm³/mol. The molecular formula is C14H17NO4S. The van der Waals surface area contributed by atoms with E-state index in [-0.39, 0.29) is 11.8 Å². The summed E-state index contributed by atoms with van der Waals surface area (Å²) < 4.78 is 11.3. The van der Waals surface area contributed by atoms with Crippen LogP contribution in [0.25, 0.3) is 0 Å². The molecule has 1 amide bonds. The fourth-order valence-electron chi connectivity index (χ4n) is 2.16. The van der Waals surface area contributed by atoms with Crippen molar-refractivity contribution >= 4 is 22.7 Å². The molecule has 1 aromatic carbocycles. The van der Waals surface area contributed by atoms with Gasteiger partial charge < -0.3 is 10.0 Å². The molecule has 0 aromatic heterocycles. The van der Waals surface area contributed by atoms with Gasteiger partial charge in [0.25, 0.3) is 0 Å². The largest absolute Gasteiger partial charge is 0.481 e. The lowest BCUT2D eigenvalue weighted by Crippen LogP contribution is -2.28. The lowest BCUT2D eigenvalue weighted by molar-refractivity contribution is -0.141. The van der Waals surface area contributed by atoms with Crippen LogP contribution in [0.5, 0.6) is 0 Å². The molecule has 0 bridgehead atoms. The van der Waals surface area contributed by atoms with Crippen LogP contribution < -0.4 is 0 Å². The highest BCUT2D eigenvalue weighted by Crippen LogP contribution is 2.40. The molecular weight excluding hydrogens is 278 g/mol. The van der Waals surface area contributed by atoms with Crippen LogP contribution in [0.2, 0.25) is 0 Å². The molecule has 5 nitrogen and oxygen atoms in total. The Morgan fingerprint density at radius 2 is 1.90 bits per heavy atom. The normalized spacial score (nSPS) is 22.1. The number of rotatable bonds is 5. The van der Waals surface area contributed by atoms with Gasteiger partial charge in [-0.05, 0) is 24.1 Å². The number of nitrogens with zero attached hydrogens (tertiary/aromatic N) is 1. The van der Waals surface area contributed by atoms with Crippen LogP contribution >= 0.6 is 0 Å². The summed E-state index contributed by atoms with van der Waals surface area (Å²) in [6, 6.07) is 7.23. The van der Waals surface area contributed by atoms with Crippen LogP contribution in [0, 0.1) is 11.8 Å². The van der Waals surface area contributed by atoms with Gasteiger partial charge in [0.1, 0.15) is 0 Å². The van der Waals surface area contributed by atoms with Crippen molar-refractivity contribution in [2.24, 2.45) is 11.8 Å². The quantitative estimate of drug-likeness (QED) is 0.883. The van der Waals surface area contributed by atoms with E-state index in [1.165, 1.54) is 0 Å². The first-order valence-corrected chi connectivity index (χ1v) is 7.86. The van der Waals surface area contributed by atoms with Gasteiger partial charge >= 0.3 is 5.97 Å². The van der Waals surface area contributed by atoms with E-state index >= 15 is 0 Å². The summed E-state index contributed by atoms with van der Waals surface area (Å²) in [6.07, 6.45) is 2.05. The van der Waals surface area contributed by atoms with E-state index in [1.54, 1.807) is 30.3 Å². The Kier molecular flexibility index (Phi) is 4.23. The summed E-state index contributed by atoms with van der Waals surface area (Å²) in [5, 5.41) is 8.83. The van der Waals surface area contributed by atoms with Gasteiger partial charge in [0.2, 0.25) is 5.91 Å². The van der Waals surface area contributed by atoms with E-state index in [9.17, 15) is 13.8 Å². The molecule has 0 heterocycles. The minimum absolute atomic E-state index is 0.124. The smallest absolute Gasteiger partial charge is 0.307 e. The number of amides is 1. The van der Waals surface area contributed by atoms with Gasteiger partial charge in [-0.3, -0.25) is 13.8 Å². The topological polar surface area (TPSA) is 74.7 Å². The second-order valence-corrected chi connectivity index (χ2v) is 6.46. The Labute approximate surface area is 120 Å². The van der Waals surface area contributed by atoms with Gasteiger partial charge in [0.15, 0.2) is 0 Å². The highest BCUT2D eigenvalue weighted by molar-refractivity contribution is 7.84. The molecule has 0 radical (unpaired) electrons. The van der Waals surface area contributed by atoms with Crippen molar-refractivity contribution in [2.75, 3.05) is 13.3 Å². The first-order valence-electron chi connectivity index (χ1n) is 6.30. The molecule has 0 spiro atoms. The zero-order valence-electron chi connectivity index (χ0n) is 11.4. The van der Waals surface area contributed by atoms with E-state index in [0.717, 1.165) is 10.5 Å². The molecule has 1 N–H and O–H groups in total. The minimum Gasteiger partial charge on any atom is -0.481 e. The molecule has 1 aliphatic rings. The summed E-state index contributed by atoms with van der Waals surface area (Å²) in [6.45, 7) is 0.429. The molecule has 1 aliphatic carbocycles. The van der Waals surface area contributed by atoms with Crippen molar-refractivity contribution in [1.29, 1.82) is 0 Å². The number of carboxylic acid groups (broad SMARTS) is 1. The Morgan fingerprint density at radius 1 is 1.30 bits per heavy atom. The summed E-state index contributed by atoms with van der Waals surface area (Å²) in [7, 11) is 0.660. The van der Waals surface area contributed by atoms with Crippen molar-refractivity contribution in [2.45, 2.75) is 17.9 Å². The standard InChI is InChI=1S/C14H17NO4S/c1-15(13(16)11-7-12(11)14(17)18)8-9-3-5-10(6-4-9)20(2)19/h3-6,11-12H,7-8H2,1-2H3,(H,17,18).